The van der Waals surface area contributed by atoms with Gasteiger partial charge < -0.3 is 10.5 Å². The van der Waals surface area contributed by atoms with Gasteiger partial charge in [0.1, 0.15) is 11.6 Å². The maximum absolute atomic E-state index is 13.0. The summed E-state index contributed by atoms with van der Waals surface area (Å²) in [4.78, 5) is 12.0. The van der Waals surface area contributed by atoms with Gasteiger partial charge in [0, 0.05) is 10.5 Å². The first-order chi connectivity index (χ1) is 12.7. The fraction of sp³-hybridized carbons (Fsp3) is 0. The van der Waals surface area contributed by atoms with E-state index in [1.54, 1.807) is 6.07 Å². The van der Waals surface area contributed by atoms with E-state index in [-0.39, 0.29) is 27.2 Å². The molecule has 2 aromatic carbocycles. The van der Waals surface area contributed by atoms with Crippen LogP contribution in [-0.4, -0.2) is 23.6 Å². The van der Waals surface area contributed by atoms with Crippen molar-refractivity contribution in [3.05, 3.63) is 69.4 Å². The fourth-order valence-electron chi connectivity index (χ4n) is 2.11. The van der Waals surface area contributed by atoms with Crippen LogP contribution in [0.4, 0.5) is 10.2 Å². The summed E-state index contributed by atoms with van der Waals surface area (Å²) >= 11 is 9.17. The summed E-state index contributed by atoms with van der Waals surface area (Å²) in [6.45, 7) is 0. The molecule has 3 rings (SSSR count). The van der Waals surface area contributed by atoms with Crippen molar-refractivity contribution in [3.63, 3.8) is 0 Å². The second-order valence-corrected chi connectivity index (χ2v) is 8.31. The zero-order valence-electron chi connectivity index (χ0n) is 13.3. The van der Waals surface area contributed by atoms with Gasteiger partial charge in [-0.3, -0.25) is 0 Å². The molecule has 0 bridgehead atoms. The molecule has 0 saturated heterocycles. The Morgan fingerprint density at radius 2 is 1.85 bits per heavy atom. The third-order valence-electron chi connectivity index (χ3n) is 3.37. The molecule has 0 atom stereocenters. The van der Waals surface area contributed by atoms with Gasteiger partial charge in [0.15, 0.2) is 0 Å². The highest BCUT2D eigenvalue weighted by molar-refractivity contribution is 9.10. The van der Waals surface area contributed by atoms with Crippen LogP contribution in [0.25, 0.3) is 0 Å². The minimum absolute atomic E-state index is 0.0561. The number of anilines is 1. The number of nitrogens with zero attached hydrogens (tertiary/aromatic N) is 2. The SMILES string of the molecule is Nc1cc(OC(=O)c2cc(Br)ccc2Cl)nn1S(=O)(=O)c1ccc(F)cc1. The van der Waals surface area contributed by atoms with Gasteiger partial charge in [-0.15, -0.1) is 9.19 Å². The largest absolute Gasteiger partial charge is 0.402 e. The van der Waals surface area contributed by atoms with Gasteiger partial charge in [-0.05, 0) is 42.5 Å². The molecule has 0 unspecified atom stereocenters. The Morgan fingerprint density at radius 3 is 2.52 bits per heavy atom. The van der Waals surface area contributed by atoms with Crippen molar-refractivity contribution in [2.45, 2.75) is 4.90 Å². The Balaban J connectivity index is 1.91. The van der Waals surface area contributed by atoms with Crippen LogP contribution in [0, 0.1) is 5.82 Å². The van der Waals surface area contributed by atoms with Crippen LogP contribution in [0.3, 0.4) is 0 Å². The number of carbonyl (C=O) groups is 1. The van der Waals surface area contributed by atoms with Gasteiger partial charge in [-0.1, -0.05) is 27.5 Å². The number of aromatic nitrogens is 2. The summed E-state index contributed by atoms with van der Waals surface area (Å²) in [5.74, 6) is -2.06. The maximum atomic E-state index is 13.0. The molecule has 0 saturated carbocycles. The van der Waals surface area contributed by atoms with E-state index >= 15 is 0 Å². The van der Waals surface area contributed by atoms with Crippen molar-refractivity contribution >= 4 is 49.3 Å². The molecule has 7 nitrogen and oxygen atoms in total. The van der Waals surface area contributed by atoms with Gasteiger partial charge in [-0.2, -0.15) is 8.42 Å². The number of nitrogen functional groups attached to an aromatic ring is 1. The quantitative estimate of drug-likeness (QED) is 0.581. The van der Waals surface area contributed by atoms with E-state index in [1.807, 2.05) is 0 Å². The molecule has 0 radical (unpaired) electrons. The minimum atomic E-state index is -4.19. The summed E-state index contributed by atoms with van der Waals surface area (Å²) in [5, 5.41) is 3.86. The van der Waals surface area contributed by atoms with Crippen LogP contribution < -0.4 is 10.5 Å². The molecule has 1 aromatic heterocycles. The van der Waals surface area contributed by atoms with Gasteiger partial charge >= 0.3 is 5.97 Å². The molecule has 0 aliphatic heterocycles. The Bertz CT molecular complexity index is 1130. The molecule has 0 aliphatic carbocycles. The molecule has 0 spiro atoms. The summed E-state index contributed by atoms with van der Waals surface area (Å²) in [6.07, 6.45) is 0. The standard InChI is InChI=1S/C16H10BrClFN3O4S/c17-9-1-6-13(18)12(7-9)16(23)26-15-8-14(20)22(21-15)27(24,25)11-4-2-10(19)3-5-11/h1-8H,20H2. The number of rotatable bonds is 4. The number of ether oxygens (including phenoxy) is 1. The predicted octanol–water partition coefficient (Wildman–Crippen LogP) is 3.48. The Labute approximate surface area is 166 Å². The van der Waals surface area contributed by atoms with Crippen LogP contribution in [0.15, 0.2) is 57.9 Å². The molecular formula is C16H10BrClFN3O4S. The van der Waals surface area contributed by atoms with Crippen LogP contribution in [-0.2, 0) is 10.0 Å². The van der Waals surface area contributed by atoms with Crippen molar-refractivity contribution in [1.29, 1.82) is 0 Å². The topological polar surface area (TPSA) is 104 Å². The first-order valence-corrected chi connectivity index (χ1v) is 9.83. The van der Waals surface area contributed by atoms with Crippen molar-refractivity contribution in [2.24, 2.45) is 0 Å². The minimum Gasteiger partial charge on any atom is -0.402 e. The van der Waals surface area contributed by atoms with Crippen molar-refractivity contribution in [1.82, 2.24) is 9.19 Å². The molecule has 27 heavy (non-hydrogen) atoms. The molecule has 11 heteroatoms. The highest BCUT2D eigenvalue weighted by atomic mass is 79.9. The van der Waals surface area contributed by atoms with E-state index in [0.29, 0.717) is 8.56 Å². The number of benzene rings is 2. The zero-order valence-corrected chi connectivity index (χ0v) is 16.4. The van der Waals surface area contributed by atoms with Gasteiger partial charge in [0.2, 0.25) is 5.88 Å². The average molecular weight is 475 g/mol. The zero-order chi connectivity index (χ0) is 19.8. The van der Waals surface area contributed by atoms with E-state index in [9.17, 15) is 17.6 Å². The van der Waals surface area contributed by atoms with Crippen molar-refractivity contribution < 1.29 is 22.3 Å². The lowest BCUT2D eigenvalue weighted by molar-refractivity contribution is 0.0727. The van der Waals surface area contributed by atoms with Crippen LogP contribution >= 0.6 is 27.5 Å². The number of hydrogen-bond donors (Lipinski definition) is 1. The van der Waals surface area contributed by atoms with Gasteiger partial charge in [0.25, 0.3) is 10.0 Å². The van der Waals surface area contributed by atoms with E-state index < -0.39 is 21.8 Å². The number of nitrogens with two attached hydrogens (primary N) is 1. The Hall–Kier alpha value is -2.43. The summed E-state index contributed by atoms with van der Waals surface area (Å²) in [6, 6.07) is 9.77. The average Bonchev–Trinajstić information content (AvgIpc) is 2.98. The third-order valence-corrected chi connectivity index (χ3v) is 5.80. The molecule has 2 N–H and O–H groups in total. The highest BCUT2D eigenvalue weighted by Gasteiger charge is 2.23. The van der Waals surface area contributed by atoms with E-state index in [4.69, 9.17) is 22.1 Å². The number of carbonyl (C=O) groups excluding carboxylic acids is 1. The predicted molar refractivity (Wildman–Crippen MR) is 99.7 cm³/mol. The number of halogens is 3. The number of esters is 1. The van der Waals surface area contributed by atoms with E-state index in [1.165, 1.54) is 12.1 Å². The van der Waals surface area contributed by atoms with Crippen molar-refractivity contribution in [3.8, 4) is 5.88 Å². The molecule has 3 aromatic rings. The first kappa shape index (κ1) is 19.3. The van der Waals surface area contributed by atoms with Gasteiger partial charge in [0.05, 0.1) is 15.5 Å². The van der Waals surface area contributed by atoms with Crippen LogP contribution in [0.5, 0.6) is 5.88 Å². The molecule has 0 amide bonds. The summed E-state index contributed by atoms with van der Waals surface area (Å²) in [5.41, 5.74) is 5.74. The lowest BCUT2D eigenvalue weighted by atomic mass is 10.2. The molecule has 140 valence electrons. The summed E-state index contributed by atoms with van der Waals surface area (Å²) in [7, 11) is -4.19. The Kier molecular flexibility index (Phi) is 5.22. The molecule has 0 fully saturated rings. The van der Waals surface area contributed by atoms with Crippen LogP contribution in [0.1, 0.15) is 10.4 Å². The molecular weight excluding hydrogens is 465 g/mol. The second-order valence-electron chi connectivity index (χ2n) is 5.22. The normalized spacial score (nSPS) is 11.4. The Morgan fingerprint density at radius 1 is 1.19 bits per heavy atom. The van der Waals surface area contributed by atoms with Gasteiger partial charge in [-0.25, -0.2) is 9.18 Å². The fourth-order valence-corrected chi connectivity index (χ4v) is 3.86. The van der Waals surface area contributed by atoms with Crippen molar-refractivity contribution in [2.75, 3.05) is 5.73 Å². The third kappa shape index (κ3) is 3.97. The molecule has 1 heterocycles. The maximum Gasteiger partial charge on any atom is 0.346 e. The lowest BCUT2D eigenvalue weighted by Gasteiger charge is -2.06. The van der Waals surface area contributed by atoms with E-state index in [2.05, 4.69) is 21.0 Å². The summed E-state index contributed by atoms with van der Waals surface area (Å²) < 4.78 is 44.3. The van der Waals surface area contributed by atoms with Crippen LogP contribution in [0.2, 0.25) is 5.02 Å². The van der Waals surface area contributed by atoms with E-state index in [0.717, 1.165) is 30.3 Å². The molecule has 0 aliphatic rings. The lowest BCUT2D eigenvalue weighted by Crippen LogP contribution is -2.17. The highest BCUT2D eigenvalue weighted by Crippen LogP contribution is 2.25. The smallest absolute Gasteiger partial charge is 0.346 e. The number of hydrogen-bond acceptors (Lipinski definition) is 6. The monoisotopic (exact) mass is 473 g/mol. The first-order valence-electron chi connectivity index (χ1n) is 7.22. The second kappa shape index (κ2) is 7.29.